The van der Waals surface area contributed by atoms with Crippen molar-refractivity contribution in [3.8, 4) is 12.3 Å². The first-order valence-electron chi connectivity index (χ1n) is 4.41. The van der Waals surface area contributed by atoms with Gasteiger partial charge >= 0.3 is 0 Å². The van der Waals surface area contributed by atoms with Crippen LogP contribution in [0.5, 0.6) is 0 Å². The Kier molecular flexibility index (Phi) is 4.41. The Hall–Kier alpha value is -1.08. The summed E-state index contributed by atoms with van der Waals surface area (Å²) in [7, 11) is 0. The second-order valence-electron chi connectivity index (χ2n) is 2.86. The second-order valence-corrected chi connectivity index (χ2v) is 3.67. The molecule has 3 nitrogen and oxygen atoms in total. The van der Waals surface area contributed by atoms with Crippen LogP contribution in [0.15, 0.2) is 10.7 Å². The van der Waals surface area contributed by atoms with Gasteiger partial charge in [0.2, 0.25) is 0 Å². The molecular weight excluding hydrogens is 242 g/mol. The highest BCUT2D eigenvalue weighted by molar-refractivity contribution is 9.10. The van der Waals surface area contributed by atoms with Crippen LogP contribution in [-0.4, -0.2) is 16.5 Å². The van der Waals surface area contributed by atoms with Gasteiger partial charge in [0, 0.05) is 19.0 Å². The standard InChI is InChI=1S/C10H12BrN3/c1-3-4-5-6-12-10-7-9(11)13-8(2)14-10/h1,7H,4-6H2,2H3,(H,12,13,14). The first kappa shape index (κ1) is 11.0. The number of halogens is 1. The number of hydrogen-bond donors (Lipinski definition) is 1. The van der Waals surface area contributed by atoms with Gasteiger partial charge in [0.05, 0.1) is 0 Å². The Morgan fingerprint density at radius 2 is 2.36 bits per heavy atom. The lowest BCUT2D eigenvalue weighted by Crippen LogP contribution is -2.04. The zero-order valence-electron chi connectivity index (χ0n) is 8.05. The minimum atomic E-state index is 0.749. The van der Waals surface area contributed by atoms with Gasteiger partial charge in [-0.15, -0.1) is 12.3 Å². The lowest BCUT2D eigenvalue weighted by Gasteiger charge is -2.04. The third kappa shape index (κ3) is 3.75. The molecule has 0 aliphatic carbocycles. The number of unbranched alkanes of at least 4 members (excludes halogenated alkanes) is 1. The van der Waals surface area contributed by atoms with Crippen LogP contribution < -0.4 is 5.32 Å². The van der Waals surface area contributed by atoms with Crippen LogP contribution in [0, 0.1) is 19.3 Å². The van der Waals surface area contributed by atoms with Gasteiger partial charge in [0.15, 0.2) is 0 Å². The van der Waals surface area contributed by atoms with Crippen molar-refractivity contribution < 1.29 is 0 Å². The van der Waals surface area contributed by atoms with Crippen molar-refractivity contribution in [1.82, 2.24) is 9.97 Å². The number of aryl methyl sites for hydroxylation is 1. The minimum Gasteiger partial charge on any atom is -0.370 e. The quantitative estimate of drug-likeness (QED) is 0.509. The van der Waals surface area contributed by atoms with Crippen LogP contribution in [0.2, 0.25) is 0 Å². The molecule has 0 atom stereocenters. The monoisotopic (exact) mass is 253 g/mol. The van der Waals surface area contributed by atoms with Gasteiger partial charge in [0.1, 0.15) is 16.2 Å². The predicted octanol–water partition coefficient (Wildman–Crippen LogP) is 2.37. The summed E-state index contributed by atoms with van der Waals surface area (Å²) in [6.45, 7) is 2.70. The van der Waals surface area contributed by atoms with Crippen molar-refractivity contribution in [3.63, 3.8) is 0 Å². The van der Waals surface area contributed by atoms with Crippen molar-refractivity contribution in [2.45, 2.75) is 19.8 Å². The van der Waals surface area contributed by atoms with E-state index in [1.54, 1.807) is 0 Å². The molecule has 0 aliphatic rings. The molecule has 0 saturated heterocycles. The summed E-state index contributed by atoms with van der Waals surface area (Å²) >= 11 is 3.31. The van der Waals surface area contributed by atoms with E-state index in [0.717, 1.165) is 35.6 Å². The van der Waals surface area contributed by atoms with Gasteiger partial charge in [-0.05, 0) is 29.3 Å². The van der Waals surface area contributed by atoms with E-state index in [2.05, 4.69) is 37.1 Å². The van der Waals surface area contributed by atoms with Crippen molar-refractivity contribution in [3.05, 3.63) is 16.5 Å². The van der Waals surface area contributed by atoms with Crippen LogP contribution in [-0.2, 0) is 0 Å². The van der Waals surface area contributed by atoms with Crippen molar-refractivity contribution in [1.29, 1.82) is 0 Å². The molecule has 74 valence electrons. The first-order chi connectivity index (χ1) is 6.72. The van der Waals surface area contributed by atoms with Gasteiger partial charge in [-0.2, -0.15) is 0 Å². The topological polar surface area (TPSA) is 37.8 Å². The summed E-state index contributed by atoms with van der Waals surface area (Å²) in [4.78, 5) is 8.34. The Bertz CT molecular complexity index is 323. The summed E-state index contributed by atoms with van der Waals surface area (Å²) < 4.78 is 0.796. The number of rotatable bonds is 4. The number of terminal acetylenes is 1. The highest BCUT2D eigenvalue weighted by Gasteiger charge is 1.97. The number of anilines is 1. The van der Waals surface area contributed by atoms with Gasteiger partial charge in [0.25, 0.3) is 0 Å². The smallest absolute Gasteiger partial charge is 0.130 e. The molecule has 4 heteroatoms. The third-order valence-corrected chi connectivity index (χ3v) is 2.02. The molecule has 1 heterocycles. The first-order valence-corrected chi connectivity index (χ1v) is 5.20. The van der Waals surface area contributed by atoms with Gasteiger partial charge in [-0.25, -0.2) is 9.97 Å². The van der Waals surface area contributed by atoms with Crippen LogP contribution in [0.25, 0.3) is 0 Å². The SMILES string of the molecule is C#CCCCNc1cc(Br)nc(C)n1. The fraction of sp³-hybridized carbons (Fsp3) is 0.400. The molecule has 0 bridgehead atoms. The maximum Gasteiger partial charge on any atom is 0.130 e. The fourth-order valence-electron chi connectivity index (χ4n) is 1.03. The number of hydrogen-bond acceptors (Lipinski definition) is 3. The molecular formula is C10H12BrN3. The molecule has 0 fully saturated rings. The largest absolute Gasteiger partial charge is 0.370 e. The molecule has 0 aromatic carbocycles. The van der Waals surface area contributed by atoms with Gasteiger partial charge in [-0.1, -0.05) is 0 Å². The highest BCUT2D eigenvalue weighted by Crippen LogP contribution is 2.11. The van der Waals surface area contributed by atoms with Gasteiger partial charge < -0.3 is 5.32 Å². The fourth-order valence-corrected chi connectivity index (χ4v) is 1.50. The van der Waals surface area contributed by atoms with Crippen molar-refractivity contribution in [2.24, 2.45) is 0 Å². The number of nitrogens with one attached hydrogen (secondary N) is 1. The molecule has 0 saturated carbocycles. The van der Waals surface area contributed by atoms with E-state index < -0.39 is 0 Å². The lowest BCUT2D eigenvalue weighted by atomic mass is 10.3. The van der Waals surface area contributed by atoms with E-state index in [4.69, 9.17) is 6.42 Å². The Labute approximate surface area is 92.5 Å². The second kappa shape index (κ2) is 5.61. The average Bonchev–Trinajstić information content (AvgIpc) is 2.11. The Balaban J connectivity index is 2.47. The summed E-state index contributed by atoms with van der Waals surface area (Å²) in [5, 5.41) is 3.18. The van der Waals surface area contributed by atoms with Crippen molar-refractivity contribution in [2.75, 3.05) is 11.9 Å². The predicted molar refractivity (Wildman–Crippen MR) is 61.0 cm³/mol. The lowest BCUT2D eigenvalue weighted by molar-refractivity contribution is 0.894. The third-order valence-electron chi connectivity index (χ3n) is 1.61. The summed E-state index contributed by atoms with van der Waals surface area (Å²) in [6.07, 6.45) is 6.89. The van der Waals surface area contributed by atoms with E-state index in [1.165, 1.54) is 0 Å². The van der Waals surface area contributed by atoms with E-state index in [-0.39, 0.29) is 0 Å². The molecule has 1 aromatic rings. The molecule has 14 heavy (non-hydrogen) atoms. The zero-order chi connectivity index (χ0) is 10.4. The summed E-state index contributed by atoms with van der Waals surface area (Å²) in [5.74, 6) is 4.18. The zero-order valence-corrected chi connectivity index (χ0v) is 9.63. The average molecular weight is 254 g/mol. The van der Waals surface area contributed by atoms with Gasteiger partial charge in [-0.3, -0.25) is 0 Å². The van der Waals surface area contributed by atoms with E-state index in [1.807, 2.05) is 13.0 Å². The number of aromatic nitrogens is 2. The van der Waals surface area contributed by atoms with Crippen molar-refractivity contribution >= 4 is 21.7 Å². The Morgan fingerprint density at radius 3 is 3.00 bits per heavy atom. The molecule has 1 rings (SSSR count). The van der Waals surface area contributed by atoms with E-state index in [0.29, 0.717) is 0 Å². The maximum atomic E-state index is 5.15. The van der Waals surface area contributed by atoms with Crippen LogP contribution in [0.3, 0.4) is 0 Å². The van der Waals surface area contributed by atoms with E-state index >= 15 is 0 Å². The minimum absolute atomic E-state index is 0.749. The molecule has 0 radical (unpaired) electrons. The van der Waals surface area contributed by atoms with Crippen LogP contribution in [0.1, 0.15) is 18.7 Å². The number of nitrogens with zero attached hydrogens (tertiary/aromatic N) is 2. The Morgan fingerprint density at radius 1 is 1.57 bits per heavy atom. The summed E-state index contributed by atoms with van der Waals surface area (Å²) in [6, 6.07) is 1.85. The highest BCUT2D eigenvalue weighted by atomic mass is 79.9. The molecule has 1 aromatic heterocycles. The van der Waals surface area contributed by atoms with Crippen LogP contribution in [0.4, 0.5) is 5.82 Å². The molecule has 0 aliphatic heterocycles. The summed E-state index contributed by atoms with van der Waals surface area (Å²) in [5.41, 5.74) is 0. The normalized spacial score (nSPS) is 9.50. The molecule has 0 amide bonds. The molecule has 1 N–H and O–H groups in total. The molecule has 0 spiro atoms. The molecule has 0 unspecified atom stereocenters. The van der Waals surface area contributed by atoms with Crippen LogP contribution >= 0.6 is 15.9 Å². The van der Waals surface area contributed by atoms with E-state index in [9.17, 15) is 0 Å². The maximum absolute atomic E-state index is 5.15.